The third-order valence-corrected chi connectivity index (χ3v) is 3.21. The van der Waals surface area contributed by atoms with E-state index in [1.165, 1.54) is 0 Å². The van der Waals surface area contributed by atoms with Crippen molar-refractivity contribution in [3.63, 3.8) is 0 Å². The Bertz CT molecular complexity index is 422. The van der Waals surface area contributed by atoms with Gasteiger partial charge in [0.1, 0.15) is 0 Å². The highest BCUT2D eigenvalue weighted by molar-refractivity contribution is 6.35. The van der Waals surface area contributed by atoms with Crippen LogP contribution in [0.5, 0.6) is 0 Å². The molecule has 2 rings (SSSR count). The van der Waals surface area contributed by atoms with Crippen LogP contribution in [0.3, 0.4) is 0 Å². The van der Waals surface area contributed by atoms with Crippen molar-refractivity contribution < 1.29 is 4.79 Å². The van der Waals surface area contributed by atoms with Gasteiger partial charge in [0.25, 0.3) is 0 Å². The van der Waals surface area contributed by atoms with Crippen molar-refractivity contribution in [2.24, 2.45) is 5.73 Å². The van der Waals surface area contributed by atoms with Gasteiger partial charge in [-0.05, 0) is 17.7 Å². The smallest absolute Gasteiger partial charge is 0.224 e. The lowest BCUT2D eigenvalue weighted by Gasteiger charge is -2.16. The molecule has 0 spiro atoms. The molecule has 1 aromatic rings. The predicted octanol–water partition coefficient (Wildman–Crippen LogP) is 2.05. The number of nitrogens with two attached hydrogens (primary N) is 1. The van der Waals surface area contributed by atoms with Crippen LogP contribution in [0.1, 0.15) is 12.0 Å². The van der Waals surface area contributed by atoms with E-state index in [1.54, 1.807) is 17.0 Å². The van der Waals surface area contributed by atoms with Crippen molar-refractivity contribution in [3.05, 3.63) is 33.8 Å². The number of benzene rings is 1. The lowest BCUT2D eigenvalue weighted by atomic mass is 10.2. The number of hydrogen-bond donors (Lipinski definition) is 1. The summed E-state index contributed by atoms with van der Waals surface area (Å²) in [5, 5.41) is 1.18. The van der Waals surface area contributed by atoms with E-state index < -0.39 is 0 Å². The van der Waals surface area contributed by atoms with Crippen LogP contribution in [-0.4, -0.2) is 23.4 Å². The Balaban J connectivity index is 2.12. The molecule has 3 nitrogen and oxygen atoms in total. The van der Waals surface area contributed by atoms with Gasteiger partial charge in [-0.1, -0.05) is 29.3 Å². The van der Waals surface area contributed by atoms with E-state index >= 15 is 0 Å². The minimum Gasteiger partial charge on any atom is -0.337 e. The first kappa shape index (κ1) is 11.7. The third kappa shape index (κ3) is 2.48. The molecule has 1 aliphatic rings. The molecule has 0 radical (unpaired) electrons. The molecule has 2 N–H and O–H groups in total. The van der Waals surface area contributed by atoms with Crippen LogP contribution < -0.4 is 5.73 Å². The molecular weight excluding hydrogens is 247 g/mol. The number of rotatable bonds is 2. The van der Waals surface area contributed by atoms with Crippen LogP contribution in [-0.2, 0) is 11.3 Å². The normalized spacial score (nSPS) is 20.6. The topological polar surface area (TPSA) is 46.3 Å². The summed E-state index contributed by atoms with van der Waals surface area (Å²) < 4.78 is 0. The largest absolute Gasteiger partial charge is 0.337 e. The van der Waals surface area contributed by atoms with Gasteiger partial charge >= 0.3 is 0 Å². The van der Waals surface area contributed by atoms with Gasteiger partial charge in [0.15, 0.2) is 0 Å². The summed E-state index contributed by atoms with van der Waals surface area (Å²) in [5.41, 5.74) is 6.61. The zero-order valence-electron chi connectivity index (χ0n) is 8.62. The van der Waals surface area contributed by atoms with Crippen molar-refractivity contribution in [1.82, 2.24) is 4.90 Å². The zero-order chi connectivity index (χ0) is 11.7. The van der Waals surface area contributed by atoms with Crippen molar-refractivity contribution in [2.75, 3.05) is 6.54 Å². The molecule has 0 aromatic heterocycles. The molecule has 1 saturated heterocycles. The minimum absolute atomic E-state index is 0.0569. The Morgan fingerprint density at radius 2 is 2.19 bits per heavy atom. The second kappa shape index (κ2) is 4.62. The van der Waals surface area contributed by atoms with E-state index in [1.807, 2.05) is 6.07 Å². The number of amides is 1. The molecular formula is C11H12Cl2N2O. The SMILES string of the molecule is NC1CC(=O)N(Cc2ccc(Cl)cc2Cl)C1. The lowest BCUT2D eigenvalue weighted by molar-refractivity contribution is -0.128. The molecule has 16 heavy (non-hydrogen) atoms. The molecule has 0 bridgehead atoms. The van der Waals surface area contributed by atoms with Crippen molar-refractivity contribution in [1.29, 1.82) is 0 Å². The molecule has 1 aromatic carbocycles. The van der Waals surface area contributed by atoms with E-state index in [9.17, 15) is 4.79 Å². The van der Waals surface area contributed by atoms with Crippen LogP contribution in [0, 0.1) is 0 Å². The second-order valence-electron chi connectivity index (χ2n) is 3.97. The van der Waals surface area contributed by atoms with Crippen molar-refractivity contribution in [3.8, 4) is 0 Å². The third-order valence-electron chi connectivity index (χ3n) is 2.62. The van der Waals surface area contributed by atoms with E-state index in [0.29, 0.717) is 29.6 Å². The Hall–Kier alpha value is -0.770. The van der Waals surface area contributed by atoms with Gasteiger partial charge in [-0.3, -0.25) is 4.79 Å². The average molecular weight is 259 g/mol. The first-order valence-electron chi connectivity index (χ1n) is 5.03. The van der Waals surface area contributed by atoms with E-state index in [-0.39, 0.29) is 11.9 Å². The summed E-state index contributed by atoms with van der Waals surface area (Å²) in [5.74, 6) is 0.0820. The molecule has 0 aliphatic carbocycles. The fourth-order valence-electron chi connectivity index (χ4n) is 1.81. The molecule has 1 atom stereocenters. The highest BCUT2D eigenvalue weighted by Crippen LogP contribution is 2.23. The Labute approximate surface area is 104 Å². The van der Waals surface area contributed by atoms with Gasteiger partial charge in [0.2, 0.25) is 5.91 Å². The summed E-state index contributed by atoms with van der Waals surface area (Å²) in [6, 6.07) is 5.22. The quantitative estimate of drug-likeness (QED) is 0.883. The average Bonchev–Trinajstić information content (AvgIpc) is 2.50. The fourth-order valence-corrected chi connectivity index (χ4v) is 2.28. The molecule has 1 aliphatic heterocycles. The number of carbonyl (C=O) groups is 1. The van der Waals surface area contributed by atoms with Crippen LogP contribution in [0.15, 0.2) is 18.2 Å². The van der Waals surface area contributed by atoms with Crippen molar-refractivity contribution in [2.45, 2.75) is 19.0 Å². The van der Waals surface area contributed by atoms with Gasteiger partial charge in [-0.25, -0.2) is 0 Å². The predicted molar refractivity (Wildman–Crippen MR) is 64.5 cm³/mol. The second-order valence-corrected chi connectivity index (χ2v) is 4.82. The summed E-state index contributed by atoms with van der Waals surface area (Å²) >= 11 is 11.8. The number of halogens is 2. The lowest BCUT2D eigenvalue weighted by Crippen LogP contribution is -2.27. The first-order chi connectivity index (χ1) is 7.56. The number of likely N-dealkylation sites (tertiary alicyclic amines) is 1. The maximum absolute atomic E-state index is 11.5. The Kier molecular flexibility index (Phi) is 3.38. The van der Waals surface area contributed by atoms with E-state index in [0.717, 1.165) is 5.56 Å². The van der Waals surface area contributed by atoms with Gasteiger partial charge in [0, 0.05) is 35.6 Å². The number of carbonyl (C=O) groups excluding carboxylic acids is 1. The van der Waals surface area contributed by atoms with Gasteiger partial charge in [0.05, 0.1) is 0 Å². The van der Waals surface area contributed by atoms with Gasteiger partial charge in [-0.2, -0.15) is 0 Å². The van der Waals surface area contributed by atoms with Crippen molar-refractivity contribution >= 4 is 29.1 Å². The standard InChI is InChI=1S/C11H12Cl2N2O/c12-8-2-1-7(10(13)3-8)5-15-6-9(14)4-11(15)16/h1-3,9H,4-6,14H2. The molecule has 1 unspecified atom stereocenters. The van der Waals surface area contributed by atoms with E-state index in [4.69, 9.17) is 28.9 Å². The van der Waals surface area contributed by atoms with Crippen LogP contribution in [0.2, 0.25) is 10.0 Å². The molecule has 1 heterocycles. The Morgan fingerprint density at radius 1 is 1.44 bits per heavy atom. The number of hydrogen-bond acceptors (Lipinski definition) is 2. The Morgan fingerprint density at radius 3 is 2.75 bits per heavy atom. The van der Waals surface area contributed by atoms with Crippen LogP contribution in [0.25, 0.3) is 0 Å². The molecule has 1 amide bonds. The minimum atomic E-state index is -0.0569. The molecule has 1 fully saturated rings. The highest BCUT2D eigenvalue weighted by atomic mass is 35.5. The highest BCUT2D eigenvalue weighted by Gasteiger charge is 2.27. The van der Waals surface area contributed by atoms with Crippen LogP contribution >= 0.6 is 23.2 Å². The number of nitrogens with zero attached hydrogens (tertiary/aromatic N) is 1. The first-order valence-corrected chi connectivity index (χ1v) is 5.79. The summed E-state index contributed by atoms with van der Waals surface area (Å²) in [6.07, 6.45) is 0.422. The zero-order valence-corrected chi connectivity index (χ0v) is 10.1. The monoisotopic (exact) mass is 258 g/mol. The maximum atomic E-state index is 11.5. The molecule has 0 saturated carbocycles. The summed E-state index contributed by atoms with van der Waals surface area (Å²) in [6.45, 7) is 1.10. The van der Waals surface area contributed by atoms with Crippen LogP contribution in [0.4, 0.5) is 0 Å². The van der Waals surface area contributed by atoms with Gasteiger partial charge < -0.3 is 10.6 Å². The molecule has 5 heteroatoms. The summed E-state index contributed by atoms with van der Waals surface area (Å²) in [7, 11) is 0. The van der Waals surface area contributed by atoms with E-state index in [2.05, 4.69) is 0 Å². The maximum Gasteiger partial charge on any atom is 0.224 e. The molecule has 86 valence electrons. The van der Waals surface area contributed by atoms with Gasteiger partial charge in [-0.15, -0.1) is 0 Å². The fraction of sp³-hybridized carbons (Fsp3) is 0.364. The summed E-state index contributed by atoms with van der Waals surface area (Å²) in [4.78, 5) is 13.3.